The molecule has 0 aromatic carbocycles. The van der Waals surface area contributed by atoms with E-state index in [1.54, 1.807) is 6.92 Å². The first kappa shape index (κ1) is 26.0. The van der Waals surface area contributed by atoms with Crippen LogP contribution in [0.5, 0.6) is 0 Å². The molecule has 0 amide bonds. The Labute approximate surface area is 196 Å². The van der Waals surface area contributed by atoms with Crippen molar-refractivity contribution >= 4 is 0 Å². The lowest BCUT2D eigenvalue weighted by Crippen LogP contribution is -1.57. The highest BCUT2D eigenvalue weighted by atomic mass is 13.6. The molecule has 33 heavy (non-hydrogen) atoms. The first-order chi connectivity index (χ1) is 16.4. The Bertz CT molecular complexity index is 1790. The topological polar surface area (TPSA) is 0 Å². The summed E-state index contributed by atoms with van der Waals surface area (Å²) < 4.78 is 0. The normalized spacial score (nSPS) is 3.88. The van der Waals surface area contributed by atoms with Gasteiger partial charge in [0.25, 0.3) is 0 Å². The Kier molecular flexibility index (Phi) is 19.6. The summed E-state index contributed by atoms with van der Waals surface area (Å²) in [6.07, 6.45) is 4.92. The molecule has 0 bridgehead atoms. The maximum absolute atomic E-state index is 4.92. The van der Waals surface area contributed by atoms with Gasteiger partial charge < -0.3 is 0 Å². The summed E-state index contributed by atoms with van der Waals surface area (Å²) >= 11 is 0. The summed E-state index contributed by atoms with van der Waals surface area (Å²) in [5.41, 5.74) is 0. The maximum Gasteiger partial charge on any atom is 0 e. The summed E-state index contributed by atoms with van der Waals surface area (Å²) in [6, 6.07) is 0. The minimum Gasteiger partial charge on any atom is -0.106 e. The molecule has 0 aromatic rings. The Morgan fingerprint density at radius 1 is 0.242 bits per heavy atom. The highest BCUT2D eigenvalue weighted by Gasteiger charge is 1.60. The molecule has 0 unspecified atom stereocenters. The summed E-state index contributed by atoms with van der Waals surface area (Å²) in [5.74, 6) is 76.9. The van der Waals surface area contributed by atoms with Crippen LogP contribution < -0.4 is 0 Å². The minimum atomic E-state index is 1.69. The van der Waals surface area contributed by atoms with Crippen LogP contribution in [0.3, 0.4) is 0 Å². The highest BCUT2D eigenvalue weighted by Crippen LogP contribution is 1.60. The van der Waals surface area contributed by atoms with Gasteiger partial charge in [-0.05, 0) is 102 Å². The van der Waals surface area contributed by atoms with Gasteiger partial charge in [0, 0.05) is 82.9 Å². The third kappa shape index (κ3) is 25.0. The van der Waals surface area contributed by atoms with Crippen LogP contribution in [0.1, 0.15) is 6.92 Å². The molecule has 0 nitrogen and oxygen atoms in total. The summed E-state index contributed by atoms with van der Waals surface area (Å²) in [6.45, 7) is 1.69. The van der Waals surface area contributed by atoms with Gasteiger partial charge in [-0.15, -0.1) is 6.42 Å². The van der Waals surface area contributed by atoms with E-state index in [9.17, 15) is 0 Å². The average molecular weight is 400 g/mol. The van der Waals surface area contributed by atoms with Crippen LogP contribution in [0.15, 0.2) is 0 Å². The maximum atomic E-state index is 4.92. The lowest BCUT2D eigenvalue weighted by atomic mass is 10.4. The van der Waals surface area contributed by atoms with Gasteiger partial charge in [0.1, 0.15) is 0 Å². The van der Waals surface area contributed by atoms with Crippen LogP contribution in [0.4, 0.5) is 0 Å². The van der Waals surface area contributed by atoms with Gasteiger partial charge in [-0.2, -0.15) is 0 Å². The predicted octanol–water partition coefficient (Wildman–Crippen LogP) is 0.691. The molecule has 0 saturated carbocycles. The molecular weight excluding hydrogens is 396 g/mol. The van der Waals surface area contributed by atoms with Gasteiger partial charge in [0.05, 0.1) is 0 Å². The van der Waals surface area contributed by atoms with Crippen molar-refractivity contribution in [2.45, 2.75) is 6.92 Å². The van der Waals surface area contributed by atoms with Gasteiger partial charge >= 0.3 is 0 Å². The molecule has 0 rings (SSSR count). The zero-order chi connectivity index (χ0) is 23.9. The lowest BCUT2D eigenvalue weighted by Gasteiger charge is -1.57. The largest absolute Gasteiger partial charge is 0.106 e. The fraction of sp³-hybridized carbons (Fsp3) is 0.0303. The molecule has 136 valence electrons. The number of hydrogen-bond acceptors (Lipinski definition) is 0. The molecule has 0 aliphatic carbocycles. The fourth-order valence-electron chi connectivity index (χ4n) is 0.942. The van der Waals surface area contributed by atoms with E-state index in [-0.39, 0.29) is 0 Å². The molecule has 0 saturated heterocycles. The summed E-state index contributed by atoms with van der Waals surface area (Å²) in [4.78, 5) is 0. The van der Waals surface area contributed by atoms with E-state index in [0.29, 0.717) is 0 Å². The van der Waals surface area contributed by atoms with Crippen molar-refractivity contribution in [3.05, 3.63) is 0 Å². The van der Waals surface area contributed by atoms with Gasteiger partial charge in [-0.25, -0.2) is 0 Å². The van der Waals surface area contributed by atoms with Crippen molar-refractivity contribution < 1.29 is 0 Å². The lowest BCUT2D eigenvalue weighted by molar-refractivity contribution is 1.92. The number of hydrogen-bond donors (Lipinski definition) is 0. The monoisotopic (exact) mass is 400 g/mol. The van der Waals surface area contributed by atoms with Crippen LogP contribution in [0.2, 0.25) is 0 Å². The smallest absolute Gasteiger partial charge is 0 e. The zero-order valence-electron chi connectivity index (χ0n) is 17.1. The molecule has 0 aliphatic rings. The second-order valence-corrected chi connectivity index (χ2v) is 4.02. The van der Waals surface area contributed by atoms with Crippen molar-refractivity contribution in [3.8, 4) is 190 Å². The van der Waals surface area contributed by atoms with Crippen LogP contribution in [-0.4, -0.2) is 0 Å². The van der Waals surface area contributed by atoms with E-state index in [0.717, 1.165) is 0 Å². The second kappa shape index (κ2) is 25.0. The van der Waals surface area contributed by atoms with Crippen molar-refractivity contribution in [2.75, 3.05) is 0 Å². The summed E-state index contributed by atoms with van der Waals surface area (Å²) in [7, 11) is 0. The standard InChI is InChI=1S/C33H4/c1-3-5-7-9-11-13-15-17-19-21-23-25-27-29-31-33-32-30-28-26-24-22-20-18-16-14-12-10-8-6-4-2/h1H,2H3. The molecule has 0 heteroatoms. The van der Waals surface area contributed by atoms with E-state index in [1.807, 2.05) is 0 Å². The van der Waals surface area contributed by atoms with Crippen molar-refractivity contribution in [1.29, 1.82) is 0 Å². The molecule has 0 heterocycles. The number of rotatable bonds is 0. The Morgan fingerprint density at radius 2 is 0.394 bits per heavy atom. The Morgan fingerprint density at radius 3 is 0.545 bits per heavy atom. The third-order valence-electron chi connectivity index (χ3n) is 1.95. The quantitative estimate of drug-likeness (QED) is 0.525. The van der Waals surface area contributed by atoms with Crippen molar-refractivity contribution in [3.63, 3.8) is 0 Å². The zero-order valence-corrected chi connectivity index (χ0v) is 17.1. The first-order valence-corrected chi connectivity index (χ1v) is 8.29. The number of terminal acetylenes is 1. The fourth-order valence-corrected chi connectivity index (χ4v) is 0.942. The van der Waals surface area contributed by atoms with Gasteiger partial charge in [0.15, 0.2) is 0 Å². The SMILES string of the molecule is C#CC#CC#CC#CC#CC#CC#CC#CC#CC#CC#CC#CC#CC#CC#CC#CC. The Hall–Kier alpha value is -7.04. The molecule has 0 N–H and O–H groups in total. The van der Waals surface area contributed by atoms with Crippen LogP contribution in [0.25, 0.3) is 0 Å². The van der Waals surface area contributed by atoms with Crippen molar-refractivity contribution in [1.82, 2.24) is 0 Å². The van der Waals surface area contributed by atoms with Crippen LogP contribution in [-0.2, 0) is 0 Å². The average Bonchev–Trinajstić information content (AvgIpc) is 2.83. The van der Waals surface area contributed by atoms with Gasteiger partial charge in [-0.3, -0.25) is 0 Å². The van der Waals surface area contributed by atoms with E-state index >= 15 is 0 Å². The van der Waals surface area contributed by atoms with Crippen LogP contribution >= 0.6 is 0 Å². The minimum absolute atomic E-state index is 1.69. The Balaban J connectivity index is 4.48. The molecule has 0 radical (unpaired) electrons. The van der Waals surface area contributed by atoms with Crippen LogP contribution in [0, 0.1) is 190 Å². The molecule has 0 aliphatic heterocycles. The van der Waals surface area contributed by atoms with E-state index < -0.39 is 0 Å². The summed E-state index contributed by atoms with van der Waals surface area (Å²) in [5, 5.41) is 0. The van der Waals surface area contributed by atoms with Gasteiger partial charge in [-0.1, -0.05) is 5.92 Å². The van der Waals surface area contributed by atoms with E-state index in [1.165, 1.54) is 0 Å². The van der Waals surface area contributed by atoms with Gasteiger partial charge in [0.2, 0.25) is 0 Å². The van der Waals surface area contributed by atoms with Crippen molar-refractivity contribution in [2.24, 2.45) is 0 Å². The molecule has 0 atom stereocenters. The molecule has 0 aromatic heterocycles. The molecular formula is C33H4. The second-order valence-electron chi connectivity index (χ2n) is 4.02. The third-order valence-corrected chi connectivity index (χ3v) is 1.95. The first-order valence-electron chi connectivity index (χ1n) is 8.29. The highest BCUT2D eigenvalue weighted by molar-refractivity contribution is 5.48. The van der Waals surface area contributed by atoms with E-state index in [2.05, 4.69) is 184 Å². The molecule has 0 fully saturated rings. The predicted molar refractivity (Wildman–Crippen MR) is 131 cm³/mol. The van der Waals surface area contributed by atoms with E-state index in [4.69, 9.17) is 6.42 Å². The molecule has 0 spiro atoms.